The quantitative estimate of drug-likeness (QED) is 0.835. The van der Waals surface area contributed by atoms with Crippen LogP contribution in [0, 0.1) is 0 Å². The zero-order valence-electron chi connectivity index (χ0n) is 9.68. The van der Waals surface area contributed by atoms with Crippen molar-refractivity contribution in [2.45, 2.75) is 18.9 Å². The minimum absolute atomic E-state index is 0.269. The Morgan fingerprint density at radius 2 is 2.44 bits per heavy atom. The van der Waals surface area contributed by atoms with Crippen molar-refractivity contribution >= 4 is 0 Å². The zero-order chi connectivity index (χ0) is 11.4. The molecule has 2 aromatic heterocycles. The van der Waals surface area contributed by atoms with E-state index in [1.165, 1.54) is 0 Å². The highest BCUT2D eigenvalue weighted by atomic mass is 16.3. The van der Waals surface area contributed by atoms with Crippen LogP contribution < -0.4 is 5.32 Å². The Morgan fingerprint density at radius 1 is 1.56 bits per heavy atom. The number of aromatic nitrogens is 2. The third kappa shape index (κ3) is 2.33. The summed E-state index contributed by atoms with van der Waals surface area (Å²) in [6.45, 7) is 0. The van der Waals surface area contributed by atoms with Gasteiger partial charge in [0.2, 0.25) is 0 Å². The van der Waals surface area contributed by atoms with Gasteiger partial charge >= 0.3 is 0 Å². The van der Waals surface area contributed by atoms with Crippen molar-refractivity contribution in [3.8, 4) is 0 Å². The summed E-state index contributed by atoms with van der Waals surface area (Å²) in [5.74, 6) is 2.09. The van der Waals surface area contributed by atoms with Crippen LogP contribution in [0.5, 0.6) is 0 Å². The van der Waals surface area contributed by atoms with E-state index in [4.69, 9.17) is 4.42 Å². The molecule has 0 aliphatic heterocycles. The number of hydrogen-bond donors (Lipinski definition) is 1. The van der Waals surface area contributed by atoms with Crippen molar-refractivity contribution in [3.63, 3.8) is 0 Å². The Labute approximate surface area is 95.3 Å². The second-order valence-electron chi connectivity index (χ2n) is 3.86. The summed E-state index contributed by atoms with van der Waals surface area (Å²) in [5.41, 5.74) is 0. The molecule has 16 heavy (non-hydrogen) atoms. The predicted octanol–water partition coefficient (Wildman–Crippen LogP) is 1.91. The van der Waals surface area contributed by atoms with Gasteiger partial charge in [-0.1, -0.05) is 0 Å². The monoisotopic (exact) mass is 219 g/mol. The maximum Gasteiger partial charge on any atom is 0.125 e. The van der Waals surface area contributed by atoms with Crippen LogP contribution in [0.15, 0.2) is 35.2 Å². The lowest BCUT2D eigenvalue weighted by Gasteiger charge is -2.15. The highest BCUT2D eigenvalue weighted by Crippen LogP contribution is 2.16. The van der Waals surface area contributed by atoms with E-state index < -0.39 is 0 Å². The molecular weight excluding hydrogens is 202 g/mol. The topological polar surface area (TPSA) is 43.0 Å². The van der Waals surface area contributed by atoms with Gasteiger partial charge in [-0.05, 0) is 25.6 Å². The molecule has 1 atom stereocenters. The van der Waals surface area contributed by atoms with Crippen molar-refractivity contribution < 1.29 is 4.42 Å². The molecule has 2 heterocycles. The van der Waals surface area contributed by atoms with Gasteiger partial charge in [0.1, 0.15) is 11.6 Å². The first-order valence-electron chi connectivity index (χ1n) is 5.48. The maximum absolute atomic E-state index is 5.32. The first-order chi connectivity index (χ1) is 7.81. The highest BCUT2D eigenvalue weighted by Gasteiger charge is 2.13. The molecule has 0 fully saturated rings. The number of nitrogens with one attached hydrogen (secondary N) is 1. The molecule has 0 aromatic carbocycles. The molecule has 1 N–H and O–H groups in total. The largest absolute Gasteiger partial charge is 0.469 e. The molecule has 0 bridgehead atoms. The van der Waals surface area contributed by atoms with Gasteiger partial charge < -0.3 is 14.3 Å². The van der Waals surface area contributed by atoms with Crippen LogP contribution >= 0.6 is 0 Å². The van der Waals surface area contributed by atoms with Crippen LogP contribution in [0.4, 0.5) is 0 Å². The number of aryl methyl sites for hydroxylation is 2. The first-order valence-corrected chi connectivity index (χ1v) is 5.48. The summed E-state index contributed by atoms with van der Waals surface area (Å²) in [4.78, 5) is 4.36. The average molecular weight is 219 g/mol. The summed E-state index contributed by atoms with van der Waals surface area (Å²) in [6.07, 6.45) is 7.41. The summed E-state index contributed by atoms with van der Waals surface area (Å²) < 4.78 is 7.37. The summed E-state index contributed by atoms with van der Waals surface area (Å²) in [5, 5.41) is 3.28. The lowest BCUT2D eigenvalue weighted by atomic mass is 10.1. The standard InChI is InChI=1S/C12H17N3O/c1-13-11(12-14-7-8-15(12)2)6-5-10-4-3-9-16-10/h3-4,7-9,11,13H,5-6H2,1-2H3. The van der Waals surface area contributed by atoms with Gasteiger partial charge in [-0.2, -0.15) is 0 Å². The summed E-state index contributed by atoms with van der Waals surface area (Å²) >= 11 is 0. The van der Waals surface area contributed by atoms with Gasteiger partial charge in [-0.25, -0.2) is 4.98 Å². The number of nitrogens with zero attached hydrogens (tertiary/aromatic N) is 2. The van der Waals surface area contributed by atoms with Gasteiger partial charge in [-0.15, -0.1) is 0 Å². The van der Waals surface area contributed by atoms with Crippen LogP contribution in [0.2, 0.25) is 0 Å². The number of rotatable bonds is 5. The van der Waals surface area contributed by atoms with E-state index in [0.29, 0.717) is 0 Å². The summed E-state index contributed by atoms with van der Waals surface area (Å²) in [7, 11) is 3.97. The number of furan rings is 1. The van der Waals surface area contributed by atoms with Crippen molar-refractivity contribution in [2.75, 3.05) is 7.05 Å². The molecule has 2 rings (SSSR count). The normalized spacial score (nSPS) is 12.9. The number of hydrogen-bond acceptors (Lipinski definition) is 3. The lowest BCUT2D eigenvalue weighted by Crippen LogP contribution is -2.20. The third-order valence-electron chi connectivity index (χ3n) is 2.78. The molecule has 86 valence electrons. The van der Waals surface area contributed by atoms with Crippen LogP contribution in [0.3, 0.4) is 0 Å². The van der Waals surface area contributed by atoms with Gasteiger partial charge in [-0.3, -0.25) is 0 Å². The van der Waals surface area contributed by atoms with Gasteiger partial charge in [0, 0.05) is 25.9 Å². The van der Waals surface area contributed by atoms with E-state index in [2.05, 4.69) is 10.3 Å². The molecule has 0 amide bonds. The van der Waals surface area contributed by atoms with E-state index in [1.54, 1.807) is 6.26 Å². The summed E-state index contributed by atoms with van der Waals surface area (Å²) in [6, 6.07) is 4.19. The van der Waals surface area contributed by atoms with E-state index in [-0.39, 0.29) is 6.04 Å². The molecule has 4 nitrogen and oxygen atoms in total. The van der Waals surface area contributed by atoms with Crippen molar-refractivity contribution in [1.29, 1.82) is 0 Å². The molecule has 0 saturated carbocycles. The Hall–Kier alpha value is -1.55. The molecule has 0 aliphatic rings. The molecule has 4 heteroatoms. The average Bonchev–Trinajstić information content (AvgIpc) is 2.92. The molecule has 0 saturated heterocycles. The fraction of sp³-hybridized carbons (Fsp3) is 0.417. The van der Waals surface area contributed by atoms with Crippen LogP contribution in [-0.4, -0.2) is 16.6 Å². The van der Waals surface area contributed by atoms with Gasteiger partial charge in [0.15, 0.2) is 0 Å². The minimum Gasteiger partial charge on any atom is -0.469 e. The fourth-order valence-corrected chi connectivity index (χ4v) is 1.86. The third-order valence-corrected chi connectivity index (χ3v) is 2.78. The van der Waals surface area contributed by atoms with E-state index in [9.17, 15) is 0 Å². The molecule has 0 aliphatic carbocycles. The van der Waals surface area contributed by atoms with Crippen LogP contribution in [0.1, 0.15) is 24.0 Å². The maximum atomic E-state index is 5.32. The lowest BCUT2D eigenvalue weighted by molar-refractivity contribution is 0.454. The SMILES string of the molecule is CNC(CCc1ccco1)c1nccn1C. The fourth-order valence-electron chi connectivity index (χ4n) is 1.86. The van der Waals surface area contributed by atoms with Crippen molar-refractivity contribution in [3.05, 3.63) is 42.4 Å². The Balaban J connectivity index is 1.99. The van der Waals surface area contributed by atoms with E-state index in [0.717, 1.165) is 24.4 Å². The van der Waals surface area contributed by atoms with E-state index in [1.807, 2.05) is 43.2 Å². The van der Waals surface area contributed by atoms with Crippen LogP contribution in [-0.2, 0) is 13.5 Å². The van der Waals surface area contributed by atoms with Gasteiger partial charge in [0.25, 0.3) is 0 Å². The molecule has 0 radical (unpaired) electrons. The molecule has 1 unspecified atom stereocenters. The van der Waals surface area contributed by atoms with Gasteiger partial charge in [0.05, 0.1) is 12.3 Å². The Morgan fingerprint density at radius 3 is 3.00 bits per heavy atom. The van der Waals surface area contributed by atoms with E-state index >= 15 is 0 Å². The van der Waals surface area contributed by atoms with Crippen molar-refractivity contribution in [2.24, 2.45) is 7.05 Å². The first kappa shape index (κ1) is 11.0. The minimum atomic E-state index is 0.269. The number of imidazole rings is 1. The Kier molecular flexibility index (Phi) is 3.41. The predicted molar refractivity (Wildman–Crippen MR) is 62.0 cm³/mol. The zero-order valence-corrected chi connectivity index (χ0v) is 9.68. The highest BCUT2D eigenvalue weighted by molar-refractivity contribution is 5.02. The molecular formula is C12H17N3O. The Bertz CT molecular complexity index is 419. The smallest absolute Gasteiger partial charge is 0.125 e. The molecule has 0 spiro atoms. The van der Waals surface area contributed by atoms with Crippen LogP contribution in [0.25, 0.3) is 0 Å². The van der Waals surface area contributed by atoms with Crippen molar-refractivity contribution in [1.82, 2.24) is 14.9 Å². The second kappa shape index (κ2) is 4.99. The molecule has 2 aromatic rings. The second-order valence-corrected chi connectivity index (χ2v) is 3.86.